The highest BCUT2D eigenvalue weighted by atomic mass is 15.0. The first-order chi connectivity index (χ1) is 9.83. The molecule has 1 aromatic heterocycles. The van der Waals surface area contributed by atoms with Gasteiger partial charge in [0, 0.05) is 29.8 Å². The maximum Gasteiger partial charge on any atom is 0.0469 e. The third kappa shape index (κ3) is 3.06. The van der Waals surface area contributed by atoms with E-state index in [0.717, 1.165) is 5.92 Å². The lowest BCUT2D eigenvalue weighted by molar-refractivity contribution is 0.328. The van der Waals surface area contributed by atoms with E-state index in [2.05, 4.69) is 65.6 Å². The van der Waals surface area contributed by atoms with E-state index >= 15 is 0 Å². The van der Waals surface area contributed by atoms with E-state index in [1.165, 1.54) is 43.5 Å². The van der Waals surface area contributed by atoms with Gasteiger partial charge in [0.15, 0.2) is 0 Å². The summed E-state index contributed by atoms with van der Waals surface area (Å²) in [6.45, 7) is 2.33. The van der Waals surface area contributed by atoms with Crippen molar-refractivity contribution in [3.05, 3.63) is 48.8 Å². The molecule has 2 aromatic rings. The number of anilines is 1. The van der Waals surface area contributed by atoms with Crippen molar-refractivity contribution in [3.63, 3.8) is 0 Å². The van der Waals surface area contributed by atoms with E-state index in [-0.39, 0.29) is 0 Å². The van der Waals surface area contributed by atoms with Crippen LogP contribution >= 0.6 is 0 Å². The third-order valence-corrected chi connectivity index (χ3v) is 4.50. The molecule has 20 heavy (non-hydrogen) atoms. The number of nitrogens with zero attached hydrogens (tertiary/aromatic N) is 1. The molecule has 1 heterocycles. The Labute approximate surface area is 121 Å². The van der Waals surface area contributed by atoms with Crippen LogP contribution in [0.2, 0.25) is 0 Å². The second-order valence-corrected chi connectivity index (χ2v) is 5.97. The zero-order valence-electron chi connectivity index (χ0n) is 12.3. The predicted octanol–water partition coefficient (Wildman–Crippen LogP) is 4.86. The molecule has 0 spiro atoms. The van der Waals surface area contributed by atoms with Crippen LogP contribution in [-0.4, -0.2) is 10.6 Å². The molecule has 3 rings (SSSR count). The fraction of sp³-hybridized carbons (Fsp3) is 0.444. The van der Waals surface area contributed by atoms with E-state index < -0.39 is 0 Å². The van der Waals surface area contributed by atoms with E-state index in [1.807, 2.05) is 0 Å². The molecule has 1 aliphatic rings. The quantitative estimate of drug-likeness (QED) is 0.838. The smallest absolute Gasteiger partial charge is 0.0469 e. The standard InChI is InChI=1S/C18H24N2/c1-15(16-8-3-2-4-9-16)19-17-10-7-11-18(14-17)20-12-5-6-13-20/h5-7,10-16,19H,2-4,8-9H2,1H3. The molecule has 1 saturated carbocycles. The average Bonchev–Trinajstić information content (AvgIpc) is 3.03. The van der Waals surface area contributed by atoms with Gasteiger partial charge in [-0.05, 0) is 56.0 Å². The van der Waals surface area contributed by atoms with Gasteiger partial charge in [-0.15, -0.1) is 0 Å². The number of hydrogen-bond acceptors (Lipinski definition) is 1. The van der Waals surface area contributed by atoms with Crippen LogP contribution in [0.25, 0.3) is 5.69 Å². The molecule has 0 saturated heterocycles. The fourth-order valence-electron chi connectivity index (χ4n) is 3.28. The zero-order chi connectivity index (χ0) is 13.8. The van der Waals surface area contributed by atoms with Crippen LogP contribution in [0.3, 0.4) is 0 Å². The summed E-state index contributed by atoms with van der Waals surface area (Å²) in [5, 5.41) is 3.70. The lowest BCUT2D eigenvalue weighted by atomic mass is 9.84. The number of hydrogen-bond donors (Lipinski definition) is 1. The summed E-state index contributed by atoms with van der Waals surface area (Å²) in [4.78, 5) is 0. The van der Waals surface area contributed by atoms with Gasteiger partial charge >= 0.3 is 0 Å². The van der Waals surface area contributed by atoms with Gasteiger partial charge in [-0.3, -0.25) is 0 Å². The lowest BCUT2D eigenvalue weighted by Gasteiger charge is -2.29. The van der Waals surface area contributed by atoms with Gasteiger partial charge in [0.2, 0.25) is 0 Å². The van der Waals surface area contributed by atoms with Gasteiger partial charge in [-0.1, -0.05) is 25.3 Å². The molecular formula is C18H24N2. The van der Waals surface area contributed by atoms with E-state index in [4.69, 9.17) is 0 Å². The normalized spacial score (nSPS) is 17.9. The summed E-state index contributed by atoms with van der Waals surface area (Å²) in [7, 11) is 0. The molecule has 2 nitrogen and oxygen atoms in total. The Morgan fingerprint density at radius 3 is 2.55 bits per heavy atom. The molecular weight excluding hydrogens is 244 g/mol. The Kier molecular flexibility index (Phi) is 4.10. The van der Waals surface area contributed by atoms with Gasteiger partial charge in [0.25, 0.3) is 0 Å². The number of aromatic nitrogens is 1. The number of benzene rings is 1. The highest BCUT2D eigenvalue weighted by molar-refractivity contribution is 5.51. The maximum absolute atomic E-state index is 3.70. The Morgan fingerprint density at radius 2 is 1.80 bits per heavy atom. The molecule has 1 fully saturated rings. The first kappa shape index (κ1) is 13.3. The number of rotatable bonds is 4. The molecule has 1 aliphatic carbocycles. The van der Waals surface area contributed by atoms with Gasteiger partial charge in [-0.2, -0.15) is 0 Å². The summed E-state index contributed by atoms with van der Waals surface area (Å²) < 4.78 is 2.15. The molecule has 1 unspecified atom stereocenters. The van der Waals surface area contributed by atoms with E-state index in [0.29, 0.717) is 6.04 Å². The first-order valence-electron chi connectivity index (χ1n) is 7.83. The summed E-state index contributed by atoms with van der Waals surface area (Å²) in [5.74, 6) is 0.832. The first-order valence-corrected chi connectivity index (χ1v) is 7.83. The van der Waals surface area contributed by atoms with Crippen molar-refractivity contribution in [2.24, 2.45) is 5.92 Å². The van der Waals surface area contributed by atoms with Crippen molar-refractivity contribution in [2.45, 2.75) is 45.1 Å². The van der Waals surface area contributed by atoms with Crippen molar-refractivity contribution in [3.8, 4) is 5.69 Å². The molecule has 0 radical (unpaired) electrons. The van der Waals surface area contributed by atoms with Crippen molar-refractivity contribution in [1.82, 2.24) is 4.57 Å². The van der Waals surface area contributed by atoms with Gasteiger partial charge in [0.05, 0.1) is 0 Å². The molecule has 0 aliphatic heterocycles. The molecule has 0 bridgehead atoms. The van der Waals surface area contributed by atoms with Crippen molar-refractivity contribution in [2.75, 3.05) is 5.32 Å². The lowest BCUT2D eigenvalue weighted by Crippen LogP contribution is -2.27. The number of nitrogens with one attached hydrogen (secondary N) is 1. The topological polar surface area (TPSA) is 17.0 Å². The van der Waals surface area contributed by atoms with E-state index in [9.17, 15) is 0 Å². The van der Waals surface area contributed by atoms with Crippen LogP contribution in [0.1, 0.15) is 39.0 Å². The largest absolute Gasteiger partial charge is 0.382 e. The highest BCUT2D eigenvalue weighted by Crippen LogP contribution is 2.28. The summed E-state index contributed by atoms with van der Waals surface area (Å²) in [6, 6.07) is 13.4. The predicted molar refractivity (Wildman–Crippen MR) is 85.4 cm³/mol. The minimum Gasteiger partial charge on any atom is -0.382 e. The monoisotopic (exact) mass is 268 g/mol. The molecule has 1 N–H and O–H groups in total. The van der Waals surface area contributed by atoms with Gasteiger partial charge in [-0.25, -0.2) is 0 Å². The third-order valence-electron chi connectivity index (χ3n) is 4.50. The van der Waals surface area contributed by atoms with Crippen LogP contribution in [0.4, 0.5) is 5.69 Å². The Hall–Kier alpha value is -1.70. The minimum atomic E-state index is 0.565. The van der Waals surface area contributed by atoms with E-state index in [1.54, 1.807) is 0 Å². The summed E-state index contributed by atoms with van der Waals surface area (Å²) >= 11 is 0. The molecule has 106 valence electrons. The maximum atomic E-state index is 3.70. The van der Waals surface area contributed by atoms with Crippen LogP contribution in [0.15, 0.2) is 48.8 Å². The fourth-order valence-corrected chi connectivity index (χ4v) is 3.28. The molecule has 1 aromatic carbocycles. The van der Waals surface area contributed by atoms with Gasteiger partial charge in [0.1, 0.15) is 0 Å². The van der Waals surface area contributed by atoms with Crippen molar-refractivity contribution >= 4 is 5.69 Å². The molecule has 2 heteroatoms. The average molecular weight is 268 g/mol. The molecule has 0 amide bonds. The second kappa shape index (κ2) is 6.17. The summed E-state index contributed by atoms with van der Waals surface area (Å²) in [6.07, 6.45) is 11.2. The van der Waals surface area contributed by atoms with Crippen LogP contribution < -0.4 is 5.32 Å². The van der Waals surface area contributed by atoms with Crippen molar-refractivity contribution in [1.29, 1.82) is 0 Å². The zero-order valence-corrected chi connectivity index (χ0v) is 12.3. The Morgan fingerprint density at radius 1 is 1.05 bits per heavy atom. The molecule has 1 atom stereocenters. The Bertz CT molecular complexity index is 524. The SMILES string of the molecule is CC(Nc1cccc(-n2cccc2)c1)C1CCCCC1. The minimum absolute atomic E-state index is 0.565. The van der Waals surface area contributed by atoms with Crippen LogP contribution in [0.5, 0.6) is 0 Å². The van der Waals surface area contributed by atoms with Crippen molar-refractivity contribution < 1.29 is 0 Å². The van der Waals surface area contributed by atoms with Crippen LogP contribution in [-0.2, 0) is 0 Å². The Balaban J connectivity index is 1.69. The van der Waals surface area contributed by atoms with Crippen LogP contribution in [0, 0.1) is 5.92 Å². The highest BCUT2D eigenvalue weighted by Gasteiger charge is 2.19. The second-order valence-electron chi connectivity index (χ2n) is 5.97. The van der Waals surface area contributed by atoms with Gasteiger partial charge < -0.3 is 9.88 Å². The summed E-state index contributed by atoms with van der Waals surface area (Å²) in [5.41, 5.74) is 2.45.